The van der Waals surface area contributed by atoms with Gasteiger partial charge in [0.25, 0.3) is 5.91 Å². The number of alkyl halides is 1. The Kier molecular flexibility index (Phi) is 4.51. The number of carbonyl (C=O) groups excluding carboxylic acids is 1. The number of nitrogens with zero attached hydrogens (tertiary/aromatic N) is 3. The van der Waals surface area contributed by atoms with Crippen molar-refractivity contribution in [1.82, 2.24) is 25.1 Å². The molecule has 2 aliphatic rings. The summed E-state index contributed by atoms with van der Waals surface area (Å²) in [4.78, 5) is 22.9. The highest BCUT2D eigenvalue weighted by atomic mass is 19.1. The summed E-state index contributed by atoms with van der Waals surface area (Å²) in [5, 5.41) is 9.90. The minimum absolute atomic E-state index is 0.253. The Morgan fingerprint density at radius 1 is 1.34 bits per heavy atom. The number of H-pyrrole nitrogens is 2. The summed E-state index contributed by atoms with van der Waals surface area (Å²) in [5.41, 5.74) is 4.64. The number of halogens is 1. The van der Waals surface area contributed by atoms with Crippen molar-refractivity contribution >= 4 is 11.6 Å². The van der Waals surface area contributed by atoms with E-state index in [4.69, 9.17) is 4.74 Å². The van der Waals surface area contributed by atoms with Crippen LogP contribution in [0.3, 0.4) is 0 Å². The van der Waals surface area contributed by atoms with E-state index in [1.54, 1.807) is 12.3 Å². The highest BCUT2D eigenvalue weighted by molar-refractivity contribution is 6.07. The number of ether oxygens (including phenoxy) is 1. The lowest BCUT2D eigenvalue weighted by molar-refractivity contribution is 0.102. The number of aromatic amines is 2. The van der Waals surface area contributed by atoms with Crippen molar-refractivity contribution in [3.8, 4) is 17.3 Å². The van der Waals surface area contributed by atoms with E-state index in [2.05, 4.69) is 30.4 Å². The lowest BCUT2D eigenvalue weighted by atomic mass is 10.1. The van der Waals surface area contributed by atoms with Crippen molar-refractivity contribution in [2.45, 2.75) is 19.4 Å². The van der Waals surface area contributed by atoms with Crippen LogP contribution in [0.2, 0.25) is 0 Å². The van der Waals surface area contributed by atoms with Gasteiger partial charge in [0.05, 0.1) is 35.4 Å². The number of anilines is 1. The van der Waals surface area contributed by atoms with Crippen LogP contribution in [-0.4, -0.2) is 57.3 Å². The first kappa shape index (κ1) is 17.9. The number of fused-ring (bicyclic) bond motifs is 2. The van der Waals surface area contributed by atoms with Gasteiger partial charge in [0.1, 0.15) is 18.1 Å². The van der Waals surface area contributed by atoms with Gasteiger partial charge in [-0.3, -0.25) is 14.8 Å². The molecule has 29 heavy (non-hydrogen) atoms. The summed E-state index contributed by atoms with van der Waals surface area (Å²) in [6, 6.07) is 5.59. The number of para-hydroxylation sites is 1. The van der Waals surface area contributed by atoms with Gasteiger partial charge in [-0.15, -0.1) is 0 Å². The first-order chi connectivity index (χ1) is 14.2. The highest BCUT2D eigenvalue weighted by Crippen LogP contribution is 2.31. The number of aromatic nitrogens is 4. The van der Waals surface area contributed by atoms with E-state index < -0.39 is 0 Å². The molecule has 0 unspecified atom stereocenters. The second kappa shape index (κ2) is 7.32. The standard InChI is InChI=1S/C20H21FN6O2/c21-6-8-27-7-4-14-16(11-27)24-19(23-14)17-15(10-22-26-17)25-20(28)13-3-1-2-12-5-9-29-18(12)13/h1-3,10H,4-9,11H2,(H,22,26)(H,23,24)(H,25,28). The zero-order chi connectivity index (χ0) is 19.8. The number of nitrogens with one attached hydrogen (secondary N) is 3. The van der Waals surface area contributed by atoms with Gasteiger partial charge in [0.15, 0.2) is 5.82 Å². The largest absolute Gasteiger partial charge is 0.492 e. The molecular formula is C20H21FN6O2. The summed E-state index contributed by atoms with van der Waals surface area (Å²) >= 11 is 0. The Morgan fingerprint density at radius 2 is 2.28 bits per heavy atom. The van der Waals surface area contributed by atoms with Gasteiger partial charge in [0.2, 0.25) is 0 Å². The lowest BCUT2D eigenvalue weighted by Gasteiger charge is -2.24. The maximum absolute atomic E-state index is 12.9. The number of hydrogen-bond donors (Lipinski definition) is 3. The molecule has 4 heterocycles. The van der Waals surface area contributed by atoms with Gasteiger partial charge in [-0.25, -0.2) is 9.37 Å². The van der Waals surface area contributed by atoms with E-state index in [1.807, 2.05) is 12.1 Å². The van der Waals surface area contributed by atoms with Crippen LogP contribution in [0.15, 0.2) is 24.4 Å². The second-order valence-corrected chi connectivity index (χ2v) is 7.23. The molecular weight excluding hydrogens is 375 g/mol. The first-order valence-corrected chi connectivity index (χ1v) is 9.69. The molecule has 0 atom stereocenters. The molecule has 0 saturated heterocycles. The number of amides is 1. The minimum Gasteiger partial charge on any atom is -0.492 e. The summed E-state index contributed by atoms with van der Waals surface area (Å²) in [5.74, 6) is 1.01. The Hall–Kier alpha value is -3.20. The van der Waals surface area contributed by atoms with Crippen molar-refractivity contribution in [2.24, 2.45) is 0 Å². The van der Waals surface area contributed by atoms with Gasteiger partial charge >= 0.3 is 0 Å². The second-order valence-electron chi connectivity index (χ2n) is 7.23. The van der Waals surface area contributed by atoms with E-state index in [9.17, 15) is 9.18 Å². The number of rotatable bonds is 5. The van der Waals surface area contributed by atoms with E-state index in [0.29, 0.717) is 48.2 Å². The van der Waals surface area contributed by atoms with Crippen LogP contribution in [0.4, 0.5) is 10.1 Å². The van der Waals surface area contributed by atoms with Crippen molar-refractivity contribution in [2.75, 3.05) is 31.7 Å². The van der Waals surface area contributed by atoms with E-state index in [1.165, 1.54) is 0 Å². The molecule has 0 radical (unpaired) electrons. The van der Waals surface area contributed by atoms with Crippen molar-refractivity contribution in [3.63, 3.8) is 0 Å². The van der Waals surface area contributed by atoms with Gasteiger partial charge in [-0.2, -0.15) is 5.10 Å². The van der Waals surface area contributed by atoms with Gasteiger partial charge in [-0.1, -0.05) is 12.1 Å². The van der Waals surface area contributed by atoms with Crippen LogP contribution in [0.5, 0.6) is 5.75 Å². The molecule has 1 amide bonds. The topological polar surface area (TPSA) is 98.9 Å². The summed E-state index contributed by atoms with van der Waals surface area (Å²) < 4.78 is 18.3. The Balaban J connectivity index is 1.39. The average molecular weight is 396 g/mol. The Morgan fingerprint density at radius 3 is 3.17 bits per heavy atom. The zero-order valence-corrected chi connectivity index (χ0v) is 15.8. The molecule has 2 aliphatic heterocycles. The molecule has 1 aromatic carbocycles. The summed E-state index contributed by atoms with van der Waals surface area (Å²) in [6.07, 6.45) is 3.13. The number of imidazole rings is 1. The minimum atomic E-state index is -0.361. The average Bonchev–Trinajstić information content (AvgIpc) is 3.46. The molecule has 5 rings (SSSR count). The molecule has 0 fully saturated rings. The van der Waals surface area contributed by atoms with Gasteiger partial charge < -0.3 is 15.0 Å². The molecule has 2 aromatic heterocycles. The van der Waals surface area contributed by atoms with E-state index in [0.717, 1.165) is 36.3 Å². The van der Waals surface area contributed by atoms with Crippen molar-refractivity contribution < 1.29 is 13.9 Å². The molecule has 0 bridgehead atoms. The number of benzene rings is 1. The van der Waals surface area contributed by atoms with Crippen LogP contribution in [0, 0.1) is 0 Å². The molecule has 150 valence electrons. The third-order valence-corrected chi connectivity index (χ3v) is 5.40. The lowest BCUT2D eigenvalue weighted by Crippen LogP contribution is -2.32. The first-order valence-electron chi connectivity index (χ1n) is 9.69. The van der Waals surface area contributed by atoms with Crippen LogP contribution >= 0.6 is 0 Å². The van der Waals surface area contributed by atoms with E-state index >= 15 is 0 Å². The predicted molar refractivity (Wildman–Crippen MR) is 105 cm³/mol. The fraction of sp³-hybridized carbons (Fsp3) is 0.350. The predicted octanol–water partition coefficient (Wildman–Crippen LogP) is 2.31. The third kappa shape index (κ3) is 3.27. The molecule has 0 aliphatic carbocycles. The molecule has 3 N–H and O–H groups in total. The van der Waals surface area contributed by atoms with Crippen LogP contribution in [-0.2, 0) is 19.4 Å². The Bertz CT molecular complexity index is 1060. The van der Waals surface area contributed by atoms with Gasteiger partial charge in [0, 0.05) is 32.5 Å². The SMILES string of the molecule is O=C(Nc1cn[nH]c1-c1nc2c([nH]1)CN(CCF)CC2)c1cccc2c1OCC2. The molecule has 0 saturated carbocycles. The van der Waals surface area contributed by atoms with Gasteiger partial charge in [-0.05, 0) is 11.6 Å². The number of hydrogen-bond acceptors (Lipinski definition) is 5. The van der Waals surface area contributed by atoms with Crippen molar-refractivity contribution in [3.05, 3.63) is 46.9 Å². The van der Waals surface area contributed by atoms with Crippen LogP contribution in [0.1, 0.15) is 27.3 Å². The smallest absolute Gasteiger partial charge is 0.259 e. The molecule has 8 nitrogen and oxygen atoms in total. The van der Waals surface area contributed by atoms with E-state index in [-0.39, 0.29) is 12.6 Å². The summed E-state index contributed by atoms with van der Waals surface area (Å²) in [6.45, 7) is 2.07. The monoisotopic (exact) mass is 396 g/mol. The quantitative estimate of drug-likeness (QED) is 0.615. The van der Waals surface area contributed by atoms with Crippen LogP contribution < -0.4 is 10.1 Å². The molecule has 0 spiro atoms. The maximum Gasteiger partial charge on any atom is 0.259 e. The maximum atomic E-state index is 12.9. The fourth-order valence-electron chi connectivity index (χ4n) is 3.92. The van der Waals surface area contributed by atoms with Crippen LogP contribution in [0.25, 0.3) is 11.5 Å². The summed E-state index contributed by atoms with van der Waals surface area (Å²) in [7, 11) is 0. The zero-order valence-electron chi connectivity index (χ0n) is 15.8. The number of carbonyl (C=O) groups is 1. The normalized spacial score (nSPS) is 15.6. The fourth-order valence-corrected chi connectivity index (χ4v) is 3.92. The molecule has 9 heteroatoms. The van der Waals surface area contributed by atoms with Crippen molar-refractivity contribution in [1.29, 1.82) is 0 Å². The third-order valence-electron chi connectivity index (χ3n) is 5.40. The Labute approximate surface area is 166 Å². The highest BCUT2D eigenvalue weighted by Gasteiger charge is 2.24. The molecule has 3 aromatic rings.